The van der Waals surface area contributed by atoms with Gasteiger partial charge in [-0.25, -0.2) is 0 Å². The summed E-state index contributed by atoms with van der Waals surface area (Å²) in [6.45, 7) is 3.27. The fraction of sp³-hybridized carbons (Fsp3) is 0.333. The second-order valence-electron chi connectivity index (χ2n) is 5.48. The molecule has 0 saturated carbocycles. The number of hydrogen-bond donors (Lipinski definition) is 1. The normalized spacial score (nSPS) is 18.9. The number of nitrogens with two attached hydrogens (primary N) is 1. The van der Waals surface area contributed by atoms with Crippen molar-refractivity contribution < 1.29 is 9.47 Å². The lowest BCUT2D eigenvalue weighted by atomic mass is 9.98. The fourth-order valence-corrected chi connectivity index (χ4v) is 2.65. The zero-order valence-corrected chi connectivity index (χ0v) is 12.3. The molecule has 0 aliphatic carbocycles. The third-order valence-corrected chi connectivity index (χ3v) is 3.90. The Kier molecular flexibility index (Phi) is 4.23. The van der Waals surface area contributed by atoms with Crippen LogP contribution in [0.4, 0.5) is 0 Å². The van der Waals surface area contributed by atoms with Crippen LogP contribution < -0.4 is 10.5 Å². The standard InChI is InChI=1S/C18H21NO2/c1-13(19)14-6-8-16(9-7-14)21-12-18-17-5-3-2-4-15(17)10-11-20-18/h2-9,13,18H,10-12,19H2,1H3. The second kappa shape index (κ2) is 6.29. The van der Waals surface area contributed by atoms with Crippen molar-refractivity contribution in [3.05, 3.63) is 65.2 Å². The lowest BCUT2D eigenvalue weighted by Crippen LogP contribution is -2.21. The van der Waals surface area contributed by atoms with Crippen LogP contribution in [0, 0.1) is 0 Å². The Labute approximate surface area is 125 Å². The summed E-state index contributed by atoms with van der Waals surface area (Å²) in [6, 6.07) is 16.4. The SMILES string of the molecule is CC(N)c1ccc(OCC2OCCc3ccccc32)cc1. The molecule has 0 aromatic heterocycles. The molecule has 2 unspecified atom stereocenters. The molecule has 0 saturated heterocycles. The van der Waals surface area contributed by atoms with Crippen LogP contribution in [0.1, 0.15) is 35.8 Å². The molecule has 3 heteroatoms. The highest BCUT2D eigenvalue weighted by atomic mass is 16.5. The lowest BCUT2D eigenvalue weighted by Gasteiger charge is -2.26. The molecule has 21 heavy (non-hydrogen) atoms. The second-order valence-corrected chi connectivity index (χ2v) is 5.48. The zero-order valence-electron chi connectivity index (χ0n) is 12.3. The number of fused-ring (bicyclic) bond motifs is 1. The van der Waals surface area contributed by atoms with Crippen LogP contribution in [0.5, 0.6) is 5.75 Å². The average molecular weight is 283 g/mol. The zero-order chi connectivity index (χ0) is 14.7. The molecule has 2 atom stereocenters. The first kappa shape index (κ1) is 14.1. The predicted molar refractivity (Wildman–Crippen MR) is 83.4 cm³/mol. The molecule has 2 aromatic rings. The van der Waals surface area contributed by atoms with Gasteiger partial charge in [-0.3, -0.25) is 0 Å². The molecule has 110 valence electrons. The summed E-state index contributed by atoms with van der Waals surface area (Å²) in [5.41, 5.74) is 9.57. The van der Waals surface area contributed by atoms with Gasteiger partial charge < -0.3 is 15.2 Å². The summed E-state index contributed by atoms with van der Waals surface area (Å²) in [5.74, 6) is 0.853. The van der Waals surface area contributed by atoms with Crippen molar-refractivity contribution in [2.45, 2.75) is 25.5 Å². The smallest absolute Gasteiger partial charge is 0.119 e. The van der Waals surface area contributed by atoms with Crippen LogP contribution in [-0.2, 0) is 11.2 Å². The first-order valence-corrected chi connectivity index (χ1v) is 7.42. The van der Waals surface area contributed by atoms with Crippen LogP contribution in [0.3, 0.4) is 0 Å². The first-order valence-electron chi connectivity index (χ1n) is 7.42. The van der Waals surface area contributed by atoms with E-state index in [1.165, 1.54) is 11.1 Å². The quantitative estimate of drug-likeness (QED) is 0.935. The van der Waals surface area contributed by atoms with E-state index in [1.807, 2.05) is 31.2 Å². The highest BCUT2D eigenvalue weighted by Crippen LogP contribution is 2.27. The maximum atomic E-state index is 5.87. The summed E-state index contributed by atoms with van der Waals surface area (Å²) in [6.07, 6.45) is 0.999. The van der Waals surface area contributed by atoms with Crippen molar-refractivity contribution in [1.82, 2.24) is 0 Å². The highest BCUT2D eigenvalue weighted by molar-refractivity contribution is 5.32. The van der Waals surface area contributed by atoms with Crippen molar-refractivity contribution in [1.29, 1.82) is 0 Å². The Morgan fingerprint density at radius 3 is 2.71 bits per heavy atom. The minimum Gasteiger partial charge on any atom is -0.491 e. The average Bonchev–Trinajstić information content (AvgIpc) is 2.53. The topological polar surface area (TPSA) is 44.5 Å². The number of rotatable bonds is 4. The maximum absolute atomic E-state index is 5.87. The van der Waals surface area contributed by atoms with Gasteiger partial charge in [-0.2, -0.15) is 0 Å². The lowest BCUT2D eigenvalue weighted by molar-refractivity contribution is 0.0102. The van der Waals surface area contributed by atoms with E-state index in [-0.39, 0.29) is 12.1 Å². The number of hydrogen-bond acceptors (Lipinski definition) is 3. The van der Waals surface area contributed by atoms with Gasteiger partial charge in [0.25, 0.3) is 0 Å². The minimum atomic E-state index is 0.0167. The first-order chi connectivity index (χ1) is 10.2. The summed E-state index contributed by atoms with van der Waals surface area (Å²) in [5, 5.41) is 0. The van der Waals surface area contributed by atoms with E-state index in [4.69, 9.17) is 15.2 Å². The molecule has 0 spiro atoms. The molecular formula is C18H21NO2. The summed E-state index contributed by atoms with van der Waals surface area (Å²) in [7, 11) is 0. The molecule has 0 bridgehead atoms. The molecule has 0 amide bonds. The third-order valence-electron chi connectivity index (χ3n) is 3.90. The monoisotopic (exact) mass is 283 g/mol. The van der Waals surface area contributed by atoms with Crippen molar-refractivity contribution in [2.24, 2.45) is 5.73 Å². The van der Waals surface area contributed by atoms with Crippen molar-refractivity contribution >= 4 is 0 Å². The van der Waals surface area contributed by atoms with Crippen LogP contribution in [0.15, 0.2) is 48.5 Å². The third kappa shape index (κ3) is 3.26. The Hall–Kier alpha value is -1.84. The Morgan fingerprint density at radius 1 is 1.19 bits per heavy atom. The highest BCUT2D eigenvalue weighted by Gasteiger charge is 2.20. The molecule has 2 aromatic carbocycles. The number of ether oxygens (including phenoxy) is 2. The van der Waals surface area contributed by atoms with Gasteiger partial charge >= 0.3 is 0 Å². The van der Waals surface area contributed by atoms with Crippen LogP contribution in [-0.4, -0.2) is 13.2 Å². The fourth-order valence-electron chi connectivity index (χ4n) is 2.65. The predicted octanol–water partition coefficient (Wildman–Crippen LogP) is 3.40. The van der Waals surface area contributed by atoms with E-state index < -0.39 is 0 Å². The summed E-state index contributed by atoms with van der Waals surface area (Å²) in [4.78, 5) is 0. The van der Waals surface area contributed by atoms with Gasteiger partial charge in [0, 0.05) is 6.04 Å². The van der Waals surface area contributed by atoms with Crippen molar-refractivity contribution in [3.63, 3.8) is 0 Å². The molecule has 0 radical (unpaired) electrons. The maximum Gasteiger partial charge on any atom is 0.119 e. The van der Waals surface area contributed by atoms with E-state index in [9.17, 15) is 0 Å². The number of benzene rings is 2. The Balaban J connectivity index is 1.66. The largest absolute Gasteiger partial charge is 0.491 e. The van der Waals surface area contributed by atoms with Gasteiger partial charge in [0.2, 0.25) is 0 Å². The molecule has 3 rings (SSSR count). The Bertz CT molecular complexity index is 592. The molecule has 0 fully saturated rings. The van der Waals surface area contributed by atoms with Gasteiger partial charge in [-0.1, -0.05) is 36.4 Å². The van der Waals surface area contributed by atoms with Crippen molar-refractivity contribution in [3.8, 4) is 5.75 Å². The van der Waals surface area contributed by atoms with E-state index in [0.29, 0.717) is 6.61 Å². The van der Waals surface area contributed by atoms with E-state index in [2.05, 4.69) is 24.3 Å². The molecule has 3 nitrogen and oxygen atoms in total. The van der Waals surface area contributed by atoms with Gasteiger partial charge in [-0.05, 0) is 42.2 Å². The van der Waals surface area contributed by atoms with Crippen LogP contribution >= 0.6 is 0 Å². The summed E-state index contributed by atoms with van der Waals surface area (Å²) < 4.78 is 11.7. The van der Waals surface area contributed by atoms with Gasteiger partial charge in [0.1, 0.15) is 18.5 Å². The molecule has 1 aliphatic rings. The van der Waals surface area contributed by atoms with Crippen LogP contribution in [0.25, 0.3) is 0 Å². The van der Waals surface area contributed by atoms with E-state index in [1.54, 1.807) is 0 Å². The van der Waals surface area contributed by atoms with Gasteiger partial charge in [0.05, 0.1) is 6.61 Å². The van der Waals surface area contributed by atoms with Crippen molar-refractivity contribution in [2.75, 3.05) is 13.2 Å². The minimum absolute atomic E-state index is 0.0167. The molecule has 1 heterocycles. The van der Waals surface area contributed by atoms with Gasteiger partial charge in [0.15, 0.2) is 0 Å². The molecule has 1 aliphatic heterocycles. The molecule has 2 N–H and O–H groups in total. The molecular weight excluding hydrogens is 262 g/mol. The Morgan fingerprint density at radius 2 is 1.95 bits per heavy atom. The van der Waals surface area contributed by atoms with Gasteiger partial charge in [-0.15, -0.1) is 0 Å². The summed E-state index contributed by atoms with van der Waals surface area (Å²) >= 11 is 0. The van der Waals surface area contributed by atoms with Crippen LogP contribution in [0.2, 0.25) is 0 Å². The van der Waals surface area contributed by atoms with E-state index >= 15 is 0 Å². The van der Waals surface area contributed by atoms with E-state index in [0.717, 1.165) is 24.3 Å².